The van der Waals surface area contributed by atoms with Crippen molar-refractivity contribution in [3.8, 4) is 5.75 Å². The lowest BCUT2D eigenvalue weighted by Crippen LogP contribution is -1.87. The molecule has 0 aromatic heterocycles. The Morgan fingerprint density at radius 2 is 2.21 bits per heavy atom. The van der Waals surface area contributed by atoms with Crippen LogP contribution in [0.15, 0.2) is 24.4 Å². The SMILES string of the molecule is COc1cc(F)cc(/C=C/[N+](=O)[O-])c1. The molecule has 4 nitrogen and oxygen atoms in total. The standard InChI is InChI=1S/C9H8FNO3/c1-14-9-5-7(2-3-11(12)13)4-8(10)6-9/h2-6H,1H3/b3-2+. The highest BCUT2D eigenvalue weighted by molar-refractivity contribution is 5.50. The van der Waals surface area contributed by atoms with Gasteiger partial charge in [0.2, 0.25) is 6.20 Å². The van der Waals surface area contributed by atoms with Crippen LogP contribution in [0.5, 0.6) is 5.75 Å². The highest BCUT2D eigenvalue weighted by Crippen LogP contribution is 2.16. The summed E-state index contributed by atoms with van der Waals surface area (Å²) < 4.78 is 17.7. The van der Waals surface area contributed by atoms with E-state index in [9.17, 15) is 14.5 Å². The minimum atomic E-state index is -0.614. The number of hydrogen-bond donors (Lipinski definition) is 0. The Labute approximate surface area is 79.8 Å². The molecule has 0 aliphatic rings. The molecule has 0 heterocycles. The first-order valence-corrected chi connectivity index (χ1v) is 3.78. The molecule has 0 aliphatic carbocycles. The van der Waals surface area contributed by atoms with Gasteiger partial charge in [0, 0.05) is 12.1 Å². The quantitative estimate of drug-likeness (QED) is 0.550. The van der Waals surface area contributed by atoms with Crippen LogP contribution >= 0.6 is 0 Å². The van der Waals surface area contributed by atoms with E-state index in [1.807, 2.05) is 0 Å². The number of nitro groups is 1. The molecule has 0 bridgehead atoms. The first kappa shape index (κ1) is 10.2. The minimum Gasteiger partial charge on any atom is -0.497 e. The minimum absolute atomic E-state index is 0.327. The molecule has 1 rings (SSSR count). The summed E-state index contributed by atoms with van der Waals surface area (Å²) in [4.78, 5) is 9.39. The van der Waals surface area contributed by atoms with Crippen molar-refractivity contribution in [1.82, 2.24) is 0 Å². The maximum absolute atomic E-state index is 12.9. The van der Waals surface area contributed by atoms with Crippen LogP contribution in [0.1, 0.15) is 5.56 Å². The van der Waals surface area contributed by atoms with E-state index in [0.29, 0.717) is 11.3 Å². The third-order valence-corrected chi connectivity index (χ3v) is 1.52. The summed E-state index contributed by atoms with van der Waals surface area (Å²) in [6, 6.07) is 3.88. The van der Waals surface area contributed by atoms with Gasteiger partial charge in [-0.1, -0.05) is 0 Å². The number of benzene rings is 1. The number of methoxy groups -OCH3 is 1. The van der Waals surface area contributed by atoms with Crippen molar-refractivity contribution in [2.45, 2.75) is 0 Å². The van der Waals surface area contributed by atoms with Crippen molar-refractivity contribution in [1.29, 1.82) is 0 Å². The molecule has 0 N–H and O–H groups in total. The summed E-state index contributed by atoms with van der Waals surface area (Å²) in [6.07, 6.45) is 1.94. The van der Waals surface area contributed by atoms with Crippen molar-refractivity contribution in [3.63, 3.8) is 0 Å². The smallest absolute Gasteiger partial charge is 0.235 e. The van der Waals surface area contributed by atoms with E-state index < -0.39 is 10.7 Å². The molecule has 0 amide bonds. The van der Waals surface area contributed by atoms with Crippen LogP contribution in [0.3, 0.4) is 0 Å². The molecule has 0 saturated carbocycles. The fourth-order valence-corrected chi connectivity index (χ4v) is 0.945. The molecule has 74 valence electrons. The van der Waals surface area contributed by atoms with Gasteiger partial charge in [-0.05, 0) is 17.7 Å². The fraction of sp³-hybridized carbons (Fsp3) is 0.111. The van der Waals surface area contributed by atoms with Gasteiger partial charge in [0.15, 0.2) is 0 Å². The van der Waals surface area contributed by atoms with E-state index in [4.69, 9.17) is 4.74 Å². The van der Waals surface area contributed by atoms with Crippen LogP contribution in [-0.4, -0.2) is 12.0 Å². The second-order valence-electron chi connectivity index (χ2n) is 2.53. The number of halogens is 1. The van der Waals surface area contributed by atoms with E-state index in [-0.39, 0.29) is 0 Å². The lowest BCUT2D eigenvalue weighted by Gasteiger charge is -2.00. The van der Waals surface area contributed by atoms with Crippen LogP contribution < -0.4 is 4.74 Å². The van der Waals surface area contributed by atoms with Gasteiger partial charge >= 0.3 is 0 Å². The van der Waals surface area contributed by atoms with Crippen LogP contribution in [0, 0.1) is 15.9 Å². The van der Waals surface area contributed by atoms with Crippen LogP contribution in [0.4, 0.5) is 4.39 Å². The third-order valence-electron chi connectivity index (χ3n) is 1.52. The molecule has 0 saturated heterocycles. The molecule has 0 spiro atoms. The fourth-order valence-electron chi connectivity index (χ4n) is 0.945. The van der Waals surface area contributed by atoms with Gasteiger partial charge in [0.25, 0.3) is 0 Å². The van der Waals surface area contributed by atoms with Gasteiger partial charge in [-0.25, -0.2) is 4.39 Å². The normalized spacial score (nSPS) is 10.4. The maximum Gasteiger partial charge on any atom is 0.235 e. The van der Waals surface area contributed by atoms with Crippen molar-refractivity contribution in [2.75, 3.05) is 7.11 Å². The first-order chi connectivity index (χ1) is 6.61. The van der Waals surface area contributed by atoms with E-state index in [2.05, 4.69) is 0 Å². The summed E-state index contributed by atoms with van der Waals surface area (Å²) in [5, 5.41) is 10.0. The second-order valence-corrected chi connectivity index (χ2v) is 2.53. The predicted molar refractivity (Wildman–Crippen MR) is 49.0 cm³/mol. The molecule has 5 heteroatoms. The van der Waals surface area contributed by atoms with Crippen molar-refractivity contribution in [2.24, 2.45) is 0 Å². The monoisotopic (exact) mass is 197 g/mol. The second kappa shape index (κ2) is 4.36. The maximum atomic E-state index is 12.9. The van der Waals surface area contributed by atoms with Crippen LogP contribution in [0.25, 0.3) is 6.08 Å². The Morgan fingerprint density at radius 1 is 1.50 bits per heavy atom. The molecule has 0 unspecified atom stereocenters. The van der Waals surface area contributed by atoms with Gasteiger partial charge in [-0.2, -0.15) is 0 Å². The van der Waals surface area contributed by atoms with Crippen LogP contribution in [0.2, 0.25) is 0 Å². The van der Waals surface area contributed by atoms with E-state index in [0.717, 1.165) is 6.20 Å². The predicted octanol–water partition coefficient (Wildman–Crippen LogP) is 2.08. The van der Waals surface area contributed by atoms with Gasteiger partial charge in [0.1, 0.15) is 11.6 Å². The molecular weight excluding hydrogens is 189 g/mol. The summed E-state index contributed by atoms with van der Waals surface area (Å²) in [7, 11) is 1.40. The summed E-state index contributed by atoms with van der Waals surface area (Å²) in [5.41, 5.74) is 0.388. The van der Waals surface area contributed by atoms with E-state index in [1.165, 1.54) is 31.4 Å². The highest BCUT2D eigenvalue weighted by Gasteiger charge is 1.99. The van der Waals surface area contributed by atoms with Crippen molar-refractivity contribution in [3.05, 3.63) is 45.9 Å². The van der Waals surface area contributed by atoms with Gasteiger partial charge < -0.3 is 4.74 Å². The molecule has 1 aromatic rings. The number of ether oxygens (including phenoxy) is 1. The molecule has 1 aromatic carbocycles. The highest BCUT2D eigenvalue weighted by atomic mass is 19.1. The Morgan fingerprint density at radius 3 is 2.79 bits per heavy atom. The van der Waals surface area contributed by atoms with E-state index in [1.54, 1.807) is 0 Å². The van der Waals surface area contributed by atoms with Gasteiger partial charge in [-0.3, -0.25) is 10.1 Å². The molecular formula is C9H8FNO3. The Bertz CT molecular complexity index is 376. The Hall–Kier alpha value is -1.91. The van der Waals surface area contributed by atoms with Gasteiger partial charge in [0.05, 0.1) is 12.0 Å². The molecule has 14 heavy (non-hydrogen) atoms. The number of rotatable bonds is 3. The van der Waals surface area contributed by atoms with Gasteiger partial charge in [-0.15, -0.1) is 0 Å². The Balaban J connectivity index is 2.97. The van der Waals surface area contributed by atoms with Crippen molar-refractivity contribution < 1.29 is 14.1 Å². The molecule has 0 fully saturated rings. The average molecular weight is 197 g/mol. The third kappa shape index (κ3) is 2.85. The van der Waals surface area contributed by atoms with Crippen molar-refractivity contribution >= 4 is 6.08 Å². The zero-order valence-electron chi connectivity index (χ0n) is 7.44. The van der Waals surface area contributed by atoms with E-state index >= 15 is 0 Å². The largest absolute Gasteiger partial charge is 0.497 e. The lowest BCUT2D eigenvalue weighted by molar-refractivity contribution is -0.400. The summed E-state index contributed by atoms with van der Waals surface area (Å²) >= 11 is 0. The molecule has 0 radical (unpaired) electrons. The zero-order chi connectivity index (χ0) is 10.6. The molecule has 0 aliphatic heterocycles. The average Bonchev–Trinajstić information content (AvgIpc) is 2.14. The first-order valence-electron chi connectivity index (χ1n) is 3.78. The lowest BCUT2D eigenvalue weighted by atomic mass is 10.2. The summed E-state index contributed by atoms with van der Waals surface area (Å²) in [6.45, 7) is 0. The number of nitrogens with zero attached hydrogens (tertiary/aromatic N) is 1. The summed E-state index contributed by atoms with van der Waals surface area (Å²) in [5.74, 6) is -0.166. The zero-order valence-corrected chi connectivity index (χ0v) is 7.44. The molecule has 0 atom stereocenters. The van der Waals surface area contributed by atoms with Crippen LogP contribution in [-0.2, 0) is 0 Å². The number of hydrogen-bond acceptors (Lipinski definition) is 3. The Kier molecular flexibility index (Phi) is 3.17. The topological polar surface area (TPSA) is 52.4 Å².